The molecule has 0 radical (unpaired) electrons. The van der Waals surface area contributed by atoms with Gasteiger partial charge in [0.1, 0.15) is 11.5 Å². The molecule has 0 aliphatic heterocycles. The van der Waals surface area contributed by atoms with E-state index in [1.807, 2.05) is 24.3 Å². The van der Waals surface area contributed by atoms with Crippen LogP contribution < -0.4 is 5.43 Å². The average molecular weight is 284 g/mol. The first-order valence-electron chi connectivity index (χ1n) is 6.18. The number of nitrogens with zero attached hydrogens (tertiary/aromatic N) is 3. The third-order valence-electron chi connectivity index (χ3n) is 2.78. The molecule has 0 aliphatic carbocycles. The smallest absolute Gasteiger partial charge is 0.151 e. The van der Waals surface area contributed by atoms with Crippen LogP contribution in [0.4, 0.5) is 14.5 Å². The maximum atomic E-state index is 13.4. The van der Waals surface area contributed by atoms with Crippen LogP contribution in [0.3, 0.4) is 0 Å². The molecule has 1 N–H and O–H groups in total. The molecule has 1 heterocycles. The maximum Gasteiger partial charge on any atom is 0.151 e. The van der Waals surface area contributed by atoms with Crippen molar-refractivity contribution in [3.63, 3.8) is 0 Å². The second-order valence-electron chi connectivity index (χ2n) is 4.28. The van der Waals surface area contributed by atoms with Gasteiger partial charge in [-0.25, -0.2) is 13.8 Å². The Hall–Kier alpha value is -2.89. The Balaban J connectivity index is 1.78. The Morgan fingerprint density at radius 3 is 2.67 bits per heavy atom. The van der Waals surface area contributed by atoms with Crippen molar-refractivity contribution in [1.82, 2.24) is 9.97 Å². The van der Waals surface area contributed by atoms with Crippen molar-refractivity contribution in [2.45, 2.75) is 0 Å². The van der Waals surface area contributed by atoms with E-state index in [4.69, 9.17) is 0 Å². The lowest BCUT2D eigenvalue weighted by Gasteiger charge is -2.01. The number of nitrogens with one attached hydrogen (secondary N) is 1. The molecule has 21 heavy (non-hydrogen) atoms. The van der Waals surface area contributed by atoms with Gasteiger partial charge < -0.3 is 0 Å². The molecular formula is C15H10F2N4. The quantitative estimate of drug-likeness (QED) is 0.592. The third-order valence-corrected chi connectivity index (χ3v) is 2.78. The zero-order valence-corrected chi connectivity index (χ0v) is 10.8. The predicted octanol–water partition coefficient (Wildman–Crippen LogP) is 3.35. The molecule has 104 valence electrons. The van der Waals surface area contributed by atoms with Gasteiger partial charge in [0.15, 0.2) is 5.82 Å². The summed E-state index contributed by atoms with van der Waals surface area (Å²) in [5, 5.41) is 3.87. The molecule has 1 aromatic heterocycles. The molecule has 0 saturated carbocycles. The lowest BCUT2D eigenvalue weighted by Crippen LogP contribution is -1.96. The first-order chi connectivity index (χ1) is 10.2. The normalized spacial score (nSPS) is 11.1. The highest BCUT2D eigenvalue weighted by atomic mass is 19.1. The maximum absolute atomic E-state index is 13.4. The molecule has 4 nitrogen and oxygen atoms in total. The van der Waals surface area contributed by atoms with Gasteiger partial charge in [0.25, 0.3) is 0 Å². The molecule has 3 aromatic rings. The van der Waals surface area contributed by atoms with E-state index in [9.17, 15) is 8.78 Å². The van der Waals surface area contributed by atoms with E-state index < -0.39 is 11.6 Å². The molecule has 0 fully saturated rings. The molecule has 2 aromatic carbocycles. The second kappa shape index (κ2) is 5.62. The van der Waals surface area contributed by atoms with Crippen molar-refractivity contribution in [2.24, 2.45) is 5.10 Å². The molecule has 6 heteroatoms. The lowest BCUT2D eigenvalue weighted by molar-refractivity contribution is 0.585. The van der Waals surface area contributed by atoms with Crippen LogP contribution in [0.25, 0.3) is 11.0 Å². The first-order valence-corrected chi connectivity index (χ1v) is 6.18. The third kappa shape index (κ3) is 3.00. The van der Waals surface area contributed by atoms with E-state index in [-0.39, 0.29) is 5.69 Å². The molecule has 3 rings (SSSR count). The van der Waals surface area contributed by atoms with E-state index in [1.165, 1.54) is 12.3 Å². The summed E-state index contributed by atoms with van der Waals surface area (Å²) in [6.45, 7) is 0. The highest BCUT2D eigenvalue weighted by molar-refractivity contribution is 5.82. The molecule has 0 spiro atoms. The predicted molar refractivity (Wildman–Crippen MR) is 77.1 cm³/mol. The molecule has 0 amide bonds. The van der Waals surface area contributed by atoms with Gasteiger partial charge in [0, 0.05) is 6.07 Å². The van der Waals surface area contributed by atoms with Crippen molar-refractivity contribution >= 4 is 22.9 Å². The van der Waals surface area contributed by atoms with Gasteiger partial charge in [0.2, 0.25) is 0 Å². The fourth-order valence-electron chi connectivity index (χ4n) is 1.78. The zero-order chi connectivity index (χ0) is 14.7. The summed E-state index contributed by atoms with van der Waals surface area (Å²) in [6.07, 6.45) is 2.98. The largest absolute Gasteiger partial charge is 0.275 e. The summed E-state index contributed by atoms with van der Waals surface area (Å²) < 4.78 is 26.1. The van der Waals surface area contributed by atoms with Crippen LogP contribution in [0.2, 0.25) is 0 Å². The summed E-state index contributed by atoms with van der Waals surface area (Å²) in [5.74, 6) is -1.35. The van der Waals surface area contributed by atoms with Gasteiger partial charge in [0.05, 0.1) is 29.1 Å². The minimum Gasteiger partial charge on any atom is -0.275 e. The van der Waals surface area contributed by atoms with Crippen LogP contribution in [0.1, 0.15) is 5.69 Å². The van der Waals surface area contributed by atoms with Crippen molar-refractivity contribution < 1.29 is 8.78 Å². The minimum atomic E-state index is -0.711. The number of hydrazone groups is 1. The Labute approximate surface area is 119 Å². The first kappa shape index (κ1) is 13.1. The van der Waals surface area contributed by atoms with E-state index in [0.29, 0.717) is 5.69 Å². The second-order valence-corrected chi connectivity index (χ2v) is 4.28. The van der Waals surface area contributed by atoms with Crippen molar-refractivity contribution in [2.75, 3.05) is 5.43 Å². The van der Waals surface area contributed by atoms with Gasteiger partial charge in [-0.3, -0.25) is 10.4 Å². The summed E-state index contributed by atoms with van der Waals surface area (Å²) in [7, 11) is 0. The SMILES string of the molecule is Fc1ccc(N/N=C\c2cnc3ccccc3n2)c(F)c1. The molecule has 0 unspecified atom stereocenters. The number of fused-ring (bicyclic) bond motifs is 1. The fourth-order valence-corrected chi connectivity index (χ4v) is 1.78. The molecule has 0 atom stereocenters. The number of benzene rings is 2. The average Bonchev–Trinajstić information content (AvgIpc) is 2.49. The highest BCUT2D eigenvalue weighted by Crippen LogP contribution is 2.14. The van der Waals surface area contributed by atoms with E-state index >= 15 is 0 Å². The van der Waals surface area contributed by atoms with E-state index in [2.05, 4.69) is 20.5 Å². The van der Waals surface area contributed by atoms with Gasteiger partial charge in [-0.2, -0.15) is 5.10 Å². The van der Waals surface area contributed by atoms with Crippen LogP contribution in [-0.4, -0.2) is 16.2 Å². The van der Waals surface area contributed by atoms with Gasteiger partial charge in [-0.05, 0) is 24.3 Å². The molecule has 0 saturated heterocycles. The summed E-state index contributed by atoms with van der Waals surface area (Å²) in [6, 6.07) is 10.6. The Morgan fingerprint density at radius 1 is 1.05 bits per heavy atom. The number of aromatic nitrogens is 2. The summed E-state index contributed by atoms with van der Waals surface area (Å²) in [5.41, 5.74) is 4.64. The molecule has 0 aliphatic rings. The van der Waals surface area contributed by atoms with Gasteiger partial charge in [-0.15, -0.1) is 0 Å². The lowest BCUT2D eigenvalue weighted by atomic mass is 10.3. The summed E-state index contributed by atoms with van der Waals surface area (Å²) in [4.78, 5) is 8.57. The number of halogens is 2. The number of hydrogen-bond acceptors (Lipinski definition) is 4. The number of rotatable bonds is 3. The van der Waals surface area contributed by atoms with Gasteiger partial charge in [-0.1, -0.05) is 12.1 Å². The summed E-state index contributed by atoms with van der Waals surface area (Å²) >= 11 is 0. The van der Waals surface area contributed by atoms with Crippen molar-refractivity contribution in [3.8, 4) is 0 Å². The van der Waals surface area contributed by atoms with Gasteiger partial charge >= 0.3 is 0 Å². The van der Waals surface area contributed by atoms with Crippen LogP contribution >= 0.6 is 0 Å². The van der Waals surface area contributed by atoms with Crippen LogP contribution in [0.5, 0.6) is 0 Å². The van der Waals surface area contributed by atoms with E-state index in [0.717, 1.165) is 23.2 Å². The van der Waals surface area contributed by atoms with Crippen molar-refractivity contribution in [3.05, 3.63) is 66.0 Å². The minimum absolute atomic E-state index is 0.0846. The Kier molecular flexibility index (Phi) is 3.51. The topological polar surface area (TPSA) is 50.2 Å². The standard InChI is InChI=1S/C15H10F2N4/c16-10-5-6-13(12(17)7-10)21-19-9-11-8-18-14-3-1-2-4-15(14)20-11/h1-9,21H/b19-9-. The number of para-hydroxylation sites is 2. The monoisotopic (exact) mass is 284 g/mol. The number of anilines is 1. The fraction of sp³-hybridized carbons (Fsp3) is 0. The zero-order valence-electron chi connectivity index (χ0n) is 10.8. The Bertz CT molecular complexity index is 818. The Morgan fingerprint density at radius 2 is 1.86 bits per heavy atom. The van der Waals surface area contributed by atoms with Crippen LogP contribution in [0.15, 0.2) is 53.8 Å². The van der Waals surface area contributed by atoms with Crippen LogP contribution in [0, 0.1) is 11.6 Å². The van der Waals surface area contributed by atoms with Crippen LogP contribution in [-0.2, 0) is 0 Å². The molecular weight excluding hydrogens is 274 g/mol. The molecule has 0 bridgehead atoms. The highest BCUT2D eigenvalue weighted by Gasteiger charge is 2.02. The van der Waals surface area contributed by atoms with E-state index in [1.54, 1.807) is 6.20 Å². The van der Waals surface area contributed by atoms with Crippen molar-refractivity contribution in [1.29, 1.82) is 0 Å². The number of hydrogen-bond donors (Lipinski definition) is 1.